The van der Waals surface area contributed by atoms with Crippen molar-refractivity contribution in [3.63, 3.8) is 0 Å². The Morgan fingerprint density at radius 1 is 1.18 bits per heavy atom. The van der Waals surface area contributed by atoms with Crippen LogP contribution in [0.5, 0.6) is 11.5 Å². The molecule has 3 nitrogen and oxygen atoms in total. The number of hydrogen-bond acceptors (Lipinski definition) is 3. The van der Waals surface area contributed by atoms with Crippen molar-refractivity contribution in [1.82, 2.24) is 5.32 Å². The summed E-state index contributed by atoms with van der Waals surface area (Å²) in [6, 6.07) is 5.80. The molecule has 2 aromatic carbocycles. The second-order valence-corrected chi connectivity index (χ2v) is 7.89. The third-order valence-electron chi connectivity index (χ3n) is 5.67. The van der Waals surface area contributed by atoms with Gasteiger partial charge in [0.25, 0.3) is 0 Å². The maximum absolute atomic E-state index is 14.6. The van der Waals surface area contributed by atoms with E-state index in [0.717, 1.165) is 50.0 Å². The summed E-state index contributed by atoms with van der Waals surface area (Å²) in [5.74, 6) is 0.0472. The van der Waals surface area contributed by atoms with Crippen molar-refractivity contribution in [2.75, 3.05) is 13.1 Å². The summed E-state index contributed by atoms with van der Waals surface area (Å²) < 4.78 is 41.6. The first-order valence-electron chi connectivity index (χ1n) is 9.88. The molecule has 0 aliphatic carbocycles. The Kier molecular flexibility index (Phi) is 5.48. The number of benzene rings is 2. The molecule has 2 heterocycles. The molecule has 2 aromatic rings. The molecule has 0 radical (unpaired) electrons. The molecule has 2 atom stereocenters. The lowest BCUT2D eigenvalue weighted by molar-refractivity contribution is 0.151. The first-order chi connectivity index (χ1) is 13.5. The van der Waals surface area contributed by atoms with E-state index in [9.17, 15) is 8.78 Å². The average molecular weight is 408 g/mol. The molecular weight excluding hydrogens is 384 g/mol. The summed E-state index contributed by atoms with van der Waals surface area (Å²) in [5.41, 5.74) is 1.31. The molecule has 1 fully saturated rings. The third-order valence-corrected chi connectivity index (χ3v) is 5.89. The summed E-state index contributed by atoms with van der Waals surface area (Å²) in [4.78, 5) is 0. The summed E-state index contributed by atoms with van der Waals surface area (Å²) in [7, 11) is 0. The number of hydrogen-bond donors (Lipinski definition) is 1. The van der Waals surface area contributed by atoms with Gasteiger partial charge in [-0.05, 0) is 55.6 Å². The number of fused-ring (bicyclic) bond motifs is 3. The molecule has 1 N–H and O–H groups in total. The van der Waals surface area contributed by atoms with Gasteiger partial charge in [0.1, 0.15) is 17.7 Å². The summed E-state index contributed by atoms with van der Waals surface area (Å²) >= 11 is 5.80. The lowest BCUT2D eigenvalue weighted by Crippen LogP contribution is -2.37. The number of halogens is 3. The highest BCUT2D eigenvalue weighted by atomic mass is 35.5. The highest BCUT2D eigenvalue weighted by Gasteiger charge is 2.39. The molecule has 1 saturated heterocycles. The minimum atomic E-state index is -0.685. The summed E-state index contributed by atoms with van der Waals surface area (Å²) in [5, 5.41) is 3.42. The first-order valence-corrected chi connectivity index (χ1v) is 10.3. The third kappa shape index (κ3) is 3.46. The van der Waals surface area contributed by atoms with Crippen LogP contribution in [0.2, 0.25) is 5.02 Å². The highest BCUT2D eigenvalue weighted by molar-refractivity contribution is 6.30. The molecule has 0 aromatic heterocycles. The van der Waals surface area contributed by atoms with Crippen molar-refractivity contribution in [2.24, 2.45) is 0 Å². The zero-order valence-corrected chi connectivity index (χ0v) is 16.8. The maximum atomic E-state index is 14.6. The Bertz CT molecular complexity index is 862. The summed E-state index contributed by atoms with van der Waals surface area (Å²) in [6.45, 7) is 5.78. The van der Waals surface area contributed by atoms with Gasteiger partial charge < -0.3 is 14.8 Å². The van der Waals surface area contributed by atoms with E-state index < -0.39 is 11.6 Å². The molecule has 4 rings (SSSR count). The largest absolute Gasteiger partial charge is 0.487 e. The molecule has 0 amide bonds. The monoisotopic (exact) mass is 407 g/mol. The van der Waals surface area contributed by atoms with Crippen molar-refractivity contribution in [3.05, 3.63) is 46.5 Å². The van der Waals surface area contributed by atoms with Crippen LogP contribution in [-0.2, 0) is 0 Å². The fourth-order valence-electron chi connectivity index (χ4n) is 4.15. The van der Waals surface area contributed by atoms with Gasteiger partial charge in [0.05, 0.1) is 11.7 Å². The van der Waals surface area contributed by atoms with Gasteiger partial charge in [-0.3, -0.25) is 0 Å². The Balaban J connectivity index is 1.85. The van der Waals surface area contributed by atoms with Gasteiger partial charge in [-0.25, -0.2) is 8.78 Å². The molecular formula is C22H24ClF2NO2. The quantitative estimate of drug-likeness (QED) is 0.690. The van der Waals surface area contributed by atoms with E-state index in [1.54, 1.807) is 6.07 Å². The van der Waals surface area contributed by atoms with Crippen molar-refractivity contribution in [3.8, 4) is 22.6 Å². The first kappa shape index (κ1) is 19.5. The van der Waals surface area contributed by atoms with Crippen LogP contribution < -0.4 is 14.8 Å². The van der Waals surface area contributed by atoms with E-state index in [2.05, 4.69) is 19.2 Å². The number of ether oxygens (including phenoxy) is 2. The highest BCUT2D eigenvalue weighted by Crippen LogP contribution is 2.49. The van der Waals surface area contributed by atoms with E-state index in [4.69, 9.17) is 21.1 Å². The van der Waals surface area contributed by atoms with Crippen LogP contribution in [0.3, 0.4) is 0 Å². The van der Waals surface area contributed by atoms with E-state index in [1.807, 2.05) is 6.07 Å². The number of nitrogens with one attached hydrogen (secondary N) is 1. The molecule has 6 heteroatoms. The van der Waals surface area contributed by atoms with E-state index in [-0.39, 0.29) is 28.7 Å². The standard InChI is InChI=1S/C22H24ClF2NO2/c1-3-14(4-2)27-20-8-12(21-17(24)9-13(23)10-18(21)25)7-15-16-11-26-6-5-19(16)28-22(15)20/h7-10,14,16,19,26H,3-6,11H2,1-2H3. The van der Waals surface area contributed by atoms with Crippen LogP contribution in [0.1, 0.15) is 44.6 Å². The smallest absolute Gasteiger partial charge is 0.165 e. The molecule has 0 spiro atoms. The van der Waals surface area contributed by atoms with E-state index >= 15 is 0 Å². The maximum Gasteiger partial charge on any atom is 0.165 e. The van der Waals surface area contributed by atoms with Gasteiger partial charge in [0, 0.05) is 23.0 Å². The Hall–Kier alpha value is -1.85. The molecule has 2 unspecified atom stereocenters. The predicted molar refractivity (Wildman–Crippen MR) is 106 cm³/mol. The van der Waals surface area contributed by atoms with Crippen molar-refractivity contribution in [1.29, 1.82) is 0 Å². The second-order valence-electron chi connectivity index (χ2n) is 7.45. The van der Waals surface area contributed by atoms with Crippen LogP contribution in [0.15, 0.2) is 24.3 Å². The Morgan fingerprint density at radius 2 is 1.89 bits per heavy atom. The van der Waals surface area contributed by atoms with Crippen LogP contribution in [0.25, 0.3) is 11.1 Å². The van der Waals surface area contributed by atoms with Crippen LogP contribution >= 0.6 is 11.6 Å². The molecule has 28 heavy (non-hydrogen) atoms. The minimum Gasteiger partial charge on any atom is -0.487 e. The fourth-order valence-corrected chi connectivity index (χ4v) is 4.34. The lowest BCUT2D eigenvalue weighted by Gasteiger charge is -2.24. The molecule has 2 aliphatic rings. The van der Waals surface area contributed by atoms with Gasteiger partial charge in [-0.15, -0.1) is 0 Å². The summed E-state index contributed by atoms with van der Waals surface area (Å²) in [6.07, 6.45) is 2.66. The topological polar surface area (TPSA) is 30.5 Å². The molecule has 0 bridgehead atoms. The van der Waals surface area contributed by atoms with Crippen molar-refractivity contribution in [2.45, 2.75) is 51.2 Å². The molecule has 2 aliphatic heterocycles. The molecule has 150 valence electrons. The minimum absolute atomic E-state index is 0.0172. The molecule has 0 saturated carbocycles. The fraction of sp³-hybridized carbons (Fsp3) is 0.455. The van der Waals surface area contributed by atoms with Crippen molar-refractivity contribution < 1.29 is 18.3 Å². The normalized spacial score (nSPS) is 20.6. The van der Waals surface area contributed by atoms with Gasteiger partial charge in [0.2, 0.25) is 0 Å². The van der Waals surface area contributed by atoms with Crippen LogP contribution in [-0.4, -0.2) is 25.3 Å². The van der Waals surface area contributed by atoms with E-state index in [1.165, 1.54) is 0 Å². The van der Waals surface area contributed by atoms with Crippen molar-refractivity contribution >= 4 is 11.6 Å². The lowest BCUT2D eigenvalue weighted by atomic mass is 9.89. The zero-order valence-electron chi connectivity index (χ0n) is 16.0. The predicted octanol–water partition coefficient (Wildman–Crippen LogP) is 5.69. The number of rotatable bonds is 5. The Labute approximate surface area is 169 Å². The second kappa shape index (κ2) is 7.88. The zero-order chi connectivity index (χ0) is 19.8. The van der Waals surface area contributed by atoms with Crippen LogP contribution in [0, 0.1) is 11.6 Å². The van der Waals surface area contributed by atoms with Gasteiger partial charge in [-0.1, -0.05) is 25.4 Å². The van der Waals surface area contributed by atoms with E-state index in [0.29, 0.717) is 17.1 Å². The van der Waals surface area contributed by atoms with Gasteiger partial charge in [0.15, 0.2) is 11.5 Å². The Morgan fingerprint density at radius 3 is 2.57 bits per heavy atom. The van der Waals surface area contributed by atoms with Gasteiger partial charge >= 0.3 is 0 Å². The SMILES string of the molecule is CCC(CC)Oc1cc(-c2c(F)cc(Cl)cc2F)cc2c1OC1CCNCC21. The average Bonchev–Trinajstić information content (AvgIpc) is 3.04. The van der Waals surface area contributed by atoms with Gasteiger partial charge in [-0.2, -0.15) is 0 Å². The number of piperidine rings is 1. The van der Waals surface area contributed by atoms with Crippen LogP contribution in [0.4, 0.5) is 8.78 Å².